The molecule has 86 valence electrons. The van der Waals surface area contributed by atoms with Crippen LogP contribution in [-0.4, -0.2) is 19.7 Å². The van der Waals surface area contributed by atoms with E-state index in [0.29, 0.717) is 10.8 Å². The first-order chi connectivity index (χ1) is 7.38. The lowest BCUT2D eigenvalue weighted by Crippen LogP contribution is -1.96. The molecule has 0 saturated heterocycles. The van der Waals surface area contributed by atoms with Gasteiger partial charge in [0.15, 0.2) is 9.84 Å². The average molecular weight is 255 g/mol. The normalized spacial score (nSPS) is 12.5. The minimum absolute atomic E-state index is 0.334. The maximum atomic E-state index is 11.4. The van der Waals surface area contributed by atoms with E-state index in [2.05, 4.69) is 18.8 Å². The van der Waals surface area contributed by atoms with Gasteiger partial charge >= 0.3 is 0 Å². The Kier molecular flexibility index (Phi) is 2.75. The third kappa shape index (κ3) is 2.10. The Morgan fingerprint density at radius 1 is 1.31 bits per heavy atom. The van der Waals surface area contributed by atoms with E-state index < -0.39 is 9.84 Å². The number of fused-ring (bicyclic) bond motifs is 1. The molecule has 0 bridgehead atoms. The van der Waals surface area contributed by atoms with Crippen LogP contribution < -0.4 is 0 Å². The third-order valence-corrected chi connectivity index (χ3v) is 4.74. The van der Waals surface area contributed by atoms with Gasteiger partial charge in [-0.3, -0.25) is 0 Å². The molecule has 16 heavy (non-hydrogen) atoms. The molecule has 1 aromatic heterocycles. The van der Waals surface area contributed by atoms with Crippen LogP contribution in [-0.2, 0) is 9.84 Å². The average Bonchev–Trinajstić information content (AvgIpc) is 2.58. The van der Waals surface area contributed by atoms with E-state index >= 15 is 0 Å². The summed E-state index contributed by atoms with van der Waals surface area (Å²) in [5, 5.41) is 1.04. The maximum Gasteiger partial charge on any atom is 0.175 e. The zero-order chi connectivity index (χ0) is 11.9. The Morgan fingerprint density at radius 3 is 2.56 bits per heavy atom. The molecular weight excluding hydrogens is 242 g/mol. The van der Waals surface area contributed by atoms with Gasteiger partial charge in [0, 0.05) is 12.2 Å². The highest BCUT2D eigenvalue weighted by atomic mass is 32.2. The summed E-state index contributed by atoms with van der Waals surface area (Å²) in [6.45, 7) is 4.16. The molecule has 3 nitrogen and oxygen atoms in total. The minimum atomic E-state index is -3.14. The molecule has 0 aliphatic heterocycles. The molecule has 0 aliphatic carbocycles. The van der Waals surface area contributed by atoms with Crippen LogP contribution in [0.4, 0.5) is 0 Å². The van der Waals surface area contributed by atoms with E-state index in [9.17, 15) is 8.42 Å². The smallest absolute Gasteiger partial charge is 0.175 e. The topological polar surface area (TPSA) is 47.0 Å². The molecule has 1 heterocycles. The molecule has 0 atom stereocenters. The Bertz CT molecular complexity index is 626. The van der Waals surface area contributed by atoms with Crippen LogP contribution in [0.3, 0.4) is 0 Å². The largest absolute Gasteiger partial charge is 0.241 e. The first kappa shape index (κ1) is 11.5. The number of aromatic nitrogens is 1. The first-order valence-corrected chi connectivity index (χ1v) is 7.69. The number of benzene rings is 1. The van der Waals surface area contributed by atoms with E-state index in [1.165, 1.54) is 6.26 Å². The second-order valence-corrected chi connectivity index (χ2v) is 7.19. The fraction of sp³-hybridized carbons (Fsp3) is 0.364. The van der Waals surface area contributed by atoms with Crippen LogP contribution in [0.1, 0.15) is 24.8 Å². The SMILES string of the molecule is CC(C)c1nc2cc(S(C)(=O)=O)ccc2s1. The predicted octanol–water partition coefficient (Wildman–Crippen LogP) is 2.82. The van der Waals surface area contributed by atoms with Crippen LogP contribution >= 0.6 is 11.3 Å². The molecule has 1 aromatic carbocycles. The van der Waals surface area contributed by atoms with Crippen molar-refractivity contribution in [3.05, 3.63) is 23.2 Å². The Hall–Kier alpha value is -0.940. The van der Waals surface area contributed by atoms with Gasteiger partial charge in [0.25, 0.3) is 0 Å². The molecule has 0 fully saturated rings. The zero-order valence-electron chi connectivity index (χ0n) is 9.39. The van der Waals surface area contributed by atoms with Crippen molar-refractivity contribution in [2.75, 3.05) is 6.26 Å². The summed E-state index contributed by atoms with van der Waals surface area (Å²) in [4.78, 5) is 4.77. The Morgan fingerprint density at radius 2 is 2.00 bits per heavy atom. The highest BCUT2D eigenvalue weighted by molar-refractivity contribution is 7.90. The lowest BCUT2D eigenvalue weighted by Gasteiger charge is -1.96. The number of rotatable bonds is 2. The van der Waals surface area contributed by atoms with Gasteiger partial charge in [0.05, 0.1) is 20.1 Å². The van der Waals surface area contributed by atoms with E-state index in [1.807, 2.05) is 6.07 Å². The number of nitrogens with zero attached hydrogens (tertiary/aromatic N) is 1. The maximum absolute atomic E-state index is 11.4. The Labute approximate surface area is 99.1 Å². The van der Waals surface area contributed by atoms with Crippen molar-refractivity contribution in [1.82, 2.24) is 4.98 Å². The summed E-state index contributed by atoms with van der Waals surface area (Å²) in [7, 11) is -3.14. The monoisotopic (exact) mass is 255 g/mol. The number of sulfone groups is 1. The van der Waals surface area contributed by atoms with E-state index in [-0.39, 0.29) is 0 Å². The van der Waals surface area contributed by atoms with Gasteiger partial charge in [-0.25, -0.2) is 13.4 Å². The molecule has 0 aliphatic rings. The van der Waals surface area contributed by atoms with Crippen LogP contribution in [0.2, 0.25) is 0 Å². The standard InChI is InChI=1S/C11H13NO2S2/c1-7(2)11-12-9-6-8(16(3,13)14)4-5-10(9)15-11/h4-7H,1-3H3. The molecule has 0 N–H and O–H groups in total. The second-order valence-electron chi connectivity index (χ2n) is 4.11. The molecule has 0 spiro atoms. The zero-order valence-corrected chi connectivity index (χ0v) is 11.0. The summed E-state index contributed by atoms with van der Waals surface area (Å²) in [6, 6.07) is 5.11. The fourth-order valence-corrected chi connectivity index (χ4v) is 2.99. The van der Waals surface area contributed by atoms with Crippen molar-refractivity contribution in [2.45, 2.75) is 24.7 Å². The van der Waals surface area contributed by atoms with Crippen molar-refractivity contribution in [1.29, 1.82) is 0 Å². The van der Waals surface area contributed by atoms with Crippen LogP contribution in [0.5, 0.6) is 0 Å². The van der Waals surface area contributed by atoms with Crippen LogP contribution in [0, 0.1) is 0 Å². The number of hydrogen-bond donors (Lipinski definition) is 0. The summed E-state index contributed by atoms with van der Waals surface area (Å²) in [6.07, 6.45) is 1.21. The van der Waals surface area contributed by atoms with Crippen LogP contribution in [0.25, 0.3) is 10.2 Å². The van der Waals surface area contributed by atoms with Crippen molar-refractivity contribution < 1.29 is 8.42 Å². The third-order valence-electron chi connectivity index (χ3n) is 2.30. The number of thiazole rings is 1. The quantitative estimate of drug-likeness (QED) is 0.829. The highest BCUT2D eigenvalue weighted by Gasteiger charge is 2.11. The fourth-order valence-electron chi connectivity index (χ4n) is 1.40. The van der Waals surface area contributed by atoms with Crippen molar-refractivity contribution >= 4 is 31.4 Å². The van der Waals surface area contributed by atoms with Gasteiger partial charge in [-0.1, -0.05) is 13.8 Å². The van der Waals surface area contributed by atoms with Crippen LogP contribution in [0.15, 0.2) is 23.1 Å². The van der Waals surface area contributed by atoms with Gasteiger partial charge in [-0.05, 0) is 18.2 Å². The second kappa shape index (κ2) is 3.82. The van der Waals surface area contributed by atoms with Gasteiger partial charge in [-0.2, -0.15) is 0 Å². The van der Waals surface area contributed by atoms with Gasteiger partial charge in [0.2, 0.25) is 0 Å². The summed E-state index contributed by atoms with van der Waals surface area (Å²) < 4.78 is 23.8. The Balaban J connectivity index is 2.63. The molecule has 0 amide bonds. The summed E-state index contributed by atoms with van der Waals surface area (Å²) in [5.41, 5.74) is 0.775. The van der Waals surface area contributed by atoms with Gasteiger partial charge in [0.1, 0.15) is 0 Å². The molecule has 2 rings (SSSR count). The number of hydrogen-bond acceptors (Lipinski definition) is 4. The minimum Gasteiger partial charge on any atom is -0.241 e. The van der Waals surface area contributed by atoms with E-state index in [0.717, 1.165) is 15.2 Å². The molecule has 0 unspecified atom stereocenters. The summed E-state index contributed by atoms with van der Waals surface area (Å²) in [5.74, 6) is 0.374. The lowest BCUT2D eigenvalue weighted by molar-refractivity contribution is 0.602. The lowest BCUT2D eigenvalue weighted by atomic mass is 10.2. The molecule has 0 radical (unpaired) electrons. The predicted molar refractivity (Wildman–Crippen MR) is 66.8 cm³/mol. The highest BCUT2D eigenvalue weighted by Crippen LogP contribution is 2.28. The van der Waals surface area contributed by atoms with Crippen molar-refractivity contribution in [3.8, 4) is 0 Å². The molecule has 0 saturated carbocycles. The summed E-state index contributed by atoms with van der Waals surface area (Å²) >= 11 is 1.62. The van der Waals surface area contributed by atoms with Crippen molar-refractivity contribution in [2.24, 2.45) is 0 Å². The van der Waals surface area contributed by atoms with E-state index in [1.54, 1.807) is 23.5 Å². The molecular formula is C11H13NO2S2. The van der Waals surface area contributed by atoms with E-state index in [4.69, 9.17) is 0 Å². The molecule has 5 heteroatoms. The van der Waals surface area contributed by atoms with Gasteiger partial charge < -0.3 is 0 Å². The first-order valence-electron chi connectivity index (χ1n) is 4.98. The van der Waals surface area contributed by atoms with Crippen molar-refractivity contribution in [3.63, 3.8) is 0 Å². The molecule has 2 aromatic rings. The van der Waals surface area contributed by atoms with Gasteiger partial charge in [-0.15, -0.1) is 11.3 Å².